The number of nitrogens with zero attached hydrogens (tertiary/aromatic N) is 1. The van der Waals surface area contributed by atoms with E-state index in [4.69, 9.17) is 5.73 Å². The number of amides is 2. The van der Waals surface area contributed by atoms with Gasteiger partial charge in [-0.15, -0.1) is 11.3 Å². The van der Waals surface area contributed by atoms with Crippen LogP contribution in [0, 0.1) is 0 Å². The summed E-state index contributed by atoms with van der Waals surface area (Å²) in [6.07, 6.45) is -0.0141. The Bertz CT molecular complexity index is 832. The van der Waals surface area contributed by atoms with E-state index in [1.165, 1.54) is 13.1 Å². The van der Waals surface area contributed by atoms with Gasteiger partial charge in [0, 0.05) is 12.7 Å². The molecule has 0 bridgehead atoms. The van der Waals surface area contributed by atoms with E-state index in [1.54, 1.807) is 35.7 Å². The second-order valence-electron chi connectivity index (χ2n) is 5.04. The van der Waals surface area contributed by atoms with Gasteiger partial charge >= 0.3 is 0 Å². The van der Waals surface area contributed by atoms with Gasteiger partial charge in [-0.25, -0.2) is 8.42 Å². The van der Waals surface area contributed by atoms with Gasteiger partial charge in [-0.3, -0.25) is 9.59 Å². The molecule has 0 unspecified atom stereocenters. The summed E-state index contributed by atoms with van der Waals surface area (Å²) in [7, 11) is -2.36. The van der Waals surface area contributed by atoms with Crippen LogP contribution in [-0.4, -0.2) is 38.1 Å². The Balaban J connectivity index is 2.08. The Kier molecular flexibility index (Phi) is 5.71. The van der Waals surface area contributed by atoms with Gasteiger partial charge in [0.1, 0.15) is 4.21 Å². The third-order valence-electron chi connectivity index (χ3n) is 3.18. The molecule has 24 heavy (non-hydrogen) atoms. The SMILES string of the molecule is CN(CC(=O)Nc1ccccc1CC(N)=O)S(=O)(=O)c1cccs1. The number of thiophene rings is 1. The van der Waals surface area contributed by atoms with Crippen molar-refractivity contribution < 1.29 is 18.0 Å². The zero-order chi connectivity index (χ0) is 17.7. The topological polar surface area (TPSA) is 110 Å². The lowest BCUT2D eigenvalue weighted by molar-refractivity contribution is -0.118. The highest BCUT2D eigenvalue weighted by Crippen LogP contribution is 2.20. The number of benzene rings is 1. The molecule has 0 saturated carbocycles. The molecular formula is C15H17N3O4S2. The molecule has 0 atom stereocenters. The first kappa shape index (κ1) is 18.1. The molecule has 3 N–H and O–H groups in total. The first-order valence-electron chi connectivity index (χ1n) is 6.96. The number of likely N-dealkylation sites (N-methyl/N-ethyl adjacent to an activating group) is 1. The van der Waals surface area contributed by atoms with Crippen LogP contribution in [-0.2, 0) is 26.0 Å². The second kappa shape index (κ2) is 7.56. The van der Waals surface area contributed by atoms with Gasteiger partial charge < -0.3 is 11.1 Å². The van der Waals surface area contributed by atoms with Crippen LogP contribution in [0.15, 0.2) is 46.0 Å². The fourth-order valence-electron chi connectivity index (χ4n) is 2.02. The average Bonchev–Trinajstić information content (AvgIpc) is 3.03. The Hall–Kier alpha value is -2.23. The smallest absolute Gasteiger partial charge is 0.252 e. The van der Waals surface area contributed by atoms with Crippen LogP contribution >= 0.6 is 11.3 Å². The van der Waals surface area contributed by atoms with Crippen LogP contribution in [0.4, 0.5) is 5.69 Å². The van der Waals surface area contributed by atoms with Crippen LogP contribution < -0.4 is 11.1 Å². The summed E-state index contributed by atoms with van der Waals surface area (Å²) in [5.74, 6) is -1.02. The molecule has 2 rings (SSSR count). The van der Waals surface area contributed by atoms with Gasteiger partial charge in [0.25, 0.3) is 10.0 Å². The summed E-state index contributed by atoms with van der Waals surface area (Å²) < 4.78 is 25.7. The van der Waals surface area contributed by atoms with Crippen molar-refractivity contribution in [2.75, 3.05) is 18.9 Å². The number of primary amides is 1. The molecule has 1 heterocycles. The Morgan fingerprint density at radius 3 is 2.54 bits per heavy atom. The third kappa shape index (κ3) is 4.40. The summed E-state index contributed by atoms with van der Waals surface area (Å²) in [6.45, 7) is -0.342. The molecule has 1 aromatic carbocycles. The zero-order valence-corrected chi connectivity index (χ0v) is 14.6. The van der Waals surface area contributed by atoms with E-state index in [9.17, 15) is 18.0 Å². The summed E-state index contributed by atoms with van der Waals surface area (Å²) in [6, 6.07) is 9.84. The molecule has 0 radical (unpaired) electrons. The minimum atomic E-state index is -3.70. The van der Waals surface area contributed by atoms with Crippen molar-refractivity contribution in [2.45, 2.75) is 10.6 Å². The van der Waals surface area contributed by atoms with Gasteiger partial charge in [0.15, 0.2) is 0 Å². The molecule has 0 aliphatic heterocycles. The van der Waals surface area contributed by atoms with Crippen LogP contribution in [0.3, 0.4) is 0 Å². The fraction of sp³-hybridized carbons (Fsp3) is 0.200. The number of nitrogens with one attached hydrogen (secondary N) is 1. The number of carbonyl (C=O) groups is 2. The number of para-hydroxylation sites is 1. The first-order chi connectivity index (χ1) is 11.3. The van der Waals surface area contributed by atoms with E-state index in [1.807, 2.05) is 0 Å². The second-order valence-corrected chi connectivity index (χ2v) is 8.26. The van der Waals surface area contributed by atoms with Crippen molar-refractivity contribution >= 4 is 38.9 Å². The van der Waals surface area contributed by atoms with E-state index in [0.29, 0.717) is 11.3 Å². The number of anilines is 1. The summed E-state index contributed by atoms with van der Waals surface area (Å²) in [5.41, 5.74) is 6.18. The quantitative estimate of drug-likeness (QED) is 0.762. The fourth-order valence-corrected chi connectivity index (χ4v) is 4.35. The molecule has 2 aromatic rings. The molecule has 0 aliphatic carbocycles. The van der Waals surface area contributed by atoms with E-state index in [0.717, 1.165) is 15.6 Å². The number of hydrogen-bond acceptors (Lipinski definition) is 5. The van der Waals surface area contributed by atoms with E-state index in [-0.39, 0.29) is 17.2 Å². The number of sulfonamides is 1. The van der Waals surface area contributed by atoms with Crippen LogP contribution in [0.2, 0.25) is 0 Å². The monoisotopic (exact) mass is 367 g/mol. The lowest BCUT2D eigenvalue weighted by Crippen LogP contribution is -2.34. The first-order valence-corrected chi connectivity index (χ1v) is 9.28. The Labute approximate surface area is 144 Å². The predicted octanol–water partition coefficient (Wildman–Crippen LogP) is 1.04. The van der Waals surface area contributed by atoms with Gasteiger partial charge in [0.05, 0.1) is 13.0 Å². The molecule has 1 aromatic heterocycles. The molecule has 9 heteroatoms. The van der Waals surface area contributed by atoms with Crippen LogP contribution in [0.25, 0.3) is 0 Å². The van der Waals surface area contributed by atoms with Crippen molar-refractivity contribution in [3.8, 4) is 0 Å². The molecule has 2 amide bonds. The summed E-state index contributed by atoms with van der Waals surface area (Å²) >= 11 is 1.09. The maximum atomic E-state index is 12.3. The van der Waals surface area contributed by atoms with Crippen molar-refractivity contribution in [3.63, 3.8) is 0 Å². The minimum Gasteiger partial charge on any atom is -0.369 e. The highest BCUT2D eigenvalue weighted by atomic mass is 32.2. The number of rotatable bonds is 7. The number of nitrogens with two attached hydrogens (primary N) is 1. The van der Waals surface area contributed by atoms with Crippen LogP contribution in [0.5, 0.6) is 0 Å². The van der Waals surface area contributed by atoms with Crippen LogP contribution in [0.1, 0.15) is 5.56 Å². The molecule has 0 aliphatic rings. The molecular weight excluding hydrogens is 350 g/mol. The number of carbonyl (C=O) groups excluding carboxylic acids is 2. The number of hydrogen-bond donors (Lipinski definition) is 2. The van der Waals surface area contributed by atoms with E-state index < -0.39 is 21.8 Å². The predicted molar refractivity (Wildman–Crippen MR) is 92.1 cm³/mol. The normalized spacial score (nSPS) is 11.4. The minimum absolute atomic E-state index is 0.0141. The molecule has 0 spiro atoms. The van der Waals surface area contributed by atoms with Gasteiger partial charge in [-0.2, -0.15) is 4.31 Å². The third-order valence-corrected chi connectivity index (χ3v) is 6.36. The van der Waals surface area contributed by atoms with E-state index in [2.05, 4.69) is 5.32 Å². The van der Waals surface area contributed by atoms with E-state index >= 15 is 0 Å². The molecule has 0 fully saturated rings. The maximum Gasteiger partial charge on any atom is 0.252 e. The standard InChI is InChI=1S/C15H17N3O4S2/c1-18(24(21,22)15-7-4-8-23-15)10-14(20)17-12-6-3-2-5-11(12)9-13(16)19/h2-8H,9-10H2,1H3,(H2,16,19)(H,17,20). The molecule has 0 saturated heterocycles. The summed E-state index contributed by atoms with van der Waals surface area (Å²) in [5, 5.41) is 4.27. The zero-order valence-electron chi connectivity index (χ0n) is 12.9. The summed E-state index contributed by atoms with van der Waals surface area (Å²) in [4.78, 5) is 23.2. The van der Waals surface area contributed by atoms with Gasteiger partial charge in [0.2, 0.25) is 11.8 Å². The molecule has 7 nitrogen and oxygen atoms in total. The van der Waals surface area contributed by atoms with Crippen molar-refractivity contribution in [1.82, 2.24) is 4.31 Å². The van der Waals surface area contributed by atoms with Crippen molar-refractivity contribution in [3.05, 3.63) is 47.3 Å². The van der Waals surface area contributed by atoms with Gasteiger partial charge in [-0.05, 0) is 23.1 Å². The highest BCUT2D eigenvalue weighted by molar-refractivity contribution is 7.91. The van der Waals surface area contributed by atoms with Gasteiger partial charge in [-0.1, -0.05) is 24.3 Å². The lowest BCUT2D eigenvalue weighted by Gasteiger charge is -2.16. The average molecular weight is 367 g/mol. The van der Waals surface area contributed by atoms with Crippen molar-refractivity contribution in [2.24, 2.45) is 5.73 Å². The largest absolute Gasteiger partial charge is 0.369 e. The Morgan fingerprint density at radius 1 is 1.21 bits per heavy atom. The molecule has 128 valence electrons. The Morgan fingerprint density at radius 2 is 1.92 bits per heavy atom. The maximum absolute atomic E-state index is 12.3. The highest BCUT2D eigenvalue weighted by Gasteiger charge is 2.24. The van der Waals surface area contributed by atoms with Crippen molar-refractivity contribution in [1.29, 1.82) is 0 Å². The lowest BCUT2D eigenvalue weighted by atomic mass is 10.1.